The van der Waals surface area contributed by atoms with E-state index in [0.29, 0.717) is 11.4 Å². The maximum absolute atomic E-state index is 13.3. The number of allylic oxidation sites excluding steroid dienone is 1. The molecule has 2 rings (SSSR count). The van der Waals surface area contributed by atoms with E-state index in [2.05, 4.69) is 11.6 Å². The summed E-state index contributed by atoms with van der Waals surface area (Å²) in [5.74, 6) is 0.271. The molecular weight excluding hydrogens is 261 g/mol. The third-order valence-electron chi connectivity index (χ3n) is 2.72. The van der Waals surface area contributed by atoms with Crippen LogP contribution in [-0.4, -0.2) is 5.84 Å². The van der Waals surface area contributed by atoms with Gasteiger partial charge in [-0.1, -0.05) is 6.58 Å². The van der Waals surface area contributed by atoms with Crippen molar-refractivity contribution in [3.05, 3.63) is 53.4 Å². The van der Waals surface area contributed by atoms with Crippen LogP contribution in [0.25, 0.3) is 15.7 Å². The molecule has 1 heterocycles. The number of benzene rings is 1. The zero-order valence-electron chi connectivity index (χ0n) is 10.5. The smallest absolute Gasteiger partial charge is 0.133 e. The number of nitrogens with zero attached hydrogens (tertiary/aromatic N) is 1. The van der Waals surface area contributed by atoms with Crippen molar-refractivity contribution in [2.45, 2.75) is 6.92 Å². The Bertz CT molecular complexity index is 698. The molecule has 19 heavy (non-hydrogen) atoms. The maximum atomic E-state index is 13.3. The second kappa shape index (κ2) is 5.24. The summed E-state index contributed by atoms with van der Waals surface area (Å²) in [5.41, 5.74) is 12.8. The van der Waals surface area contributed by atoms with E-state index in [1.54, 1.807) is 19.1 Å². The number of hydrogen-bond donors (Lipinski definition) is 2. The van der Waals surface area contributed by atoms with Crippen molar-refractivity contribution in [3.63, 3.8) is 0 Å². The van der Waals surface area contributed by atoms with Crippen LogP contribution in [0.3, 0.4) is 0 Å². The molecule has 0 amide bonds. The Kier molecular flexibility index (Phi) is 3.66. The van der Waals surface area contributed by atoms with Crippen LogP contribution in [0.4, 0.5) is 4.39 Å². The Morgan fingerprint density at radius 3 is 2.84 bits per heavy atom. The van der Waals surface area contributed by atoms with Gasteiger partial charge in [0.25, 0.3) is 0 Å². The van der Waals surface area contributed by atoms with Crippen molar-refractivity contribution >= 4 is 32.8 Å². The molecule has 0 radical (unpaired) electrons. The van der Waals surface area contributed by atoms with E-state index in [0.717, 1.165) is 15.6 Å². The third kappa shape index (κ3) is 2.66. The van der Waals surface area contributed by atoms with Crippen molar-refractivity contribution in [1.82, 2.24) is 0 Å². The van der Waals surface area contributed by atoms with Gasteiger partial charge in [0.1, 0.15) is 17.5 Å². The van der Waals surface area contributed by atoms with Gasteiger partial charge in [0.2, 0.25) is 0 Å². The highest BCUT2D eigenvalue weighted by Crippen LogP contribution is 2.31. The van der Waals surface area contributed by atoms with Gasteiger partial charge < -0.3 is 11.5 Å². The lowest BCUT2D eigenvalue weighted by molar-refractivity contribution is 0.630. The molecule has 1 aromatic carbocycles. The van der Waals surface area contributed by atoms with Crippen molar-refractivity contribution in [2.75, 3.05) is 0 Å². The molecule has 0 saturated heterocycles. The first kappa shape index (κ1) is 13.3. The number of thiophene rings is 1. The molecule has 2 aromatic rings. The highest BCUT2D eigenvalue weighted by atomic mass is 32.1. The number of aliphatic imine (C=N–C) groups is 1. The summed E-state index contributed by atoms with van der Waals surface area (Å²) in [6.45, 7) is 5.68. The van der Waals surface area contributed by atoms with E-state index in [1.165, 1.54) is 23.5 Å². The number of rotatable bonds is 3. The molecule has 5 heteroatoms. The standard InChI is InChI=1S/C14H14FN3S/c1-3-13(16)18-14(17)8(2)11-7-19-12-5-4-9(15)6-10(11)12/h3-7H,2,16H2,1H3,(H2,17,18)/b13-3-. The van der Waals surface area contributed by atoms with E-state index < -0.39 is 0 Å². The minimum Gasteiger partial charge on any atom is -0.384 e. The molecule has 0 saturated carbocycles. The number of amidine groups is 1. The summed E-state index contributed by atoms with van der Waals surface area (Å²) in [7, 11) is 0. The molecule has 0 fully saturated rings. The Morgan fingerprint density at radius 1 is 1.42 bits per heavy atom. The Hall–Kier alpha value is -2.14. The second-order valence-electron chi connectivity index (χ2n) is 3.98. The quantitative estimate of drug-likeness (QED) is 0.667. The van der Waals surface area contributed by atoms with Crippen molar-refractivity contribution in [3.8, 4) is 0 Å². The SMILES string of the molecule is C=C(C(N)=N/C(N)=C\C)c1csc2ccc(F)cc12. The predicted molar refractivity (Wildman–Crippen MR) is 80.4 cm³/mol. The average Bonchev–Trinajstić information content (AvgIpc) is 2.80. The van der Waals surface area contributed by atoms with Crippen LogP contribution in [0.2, 0.25) is 0 Å². The molecule has 0 spiro atoms. The third-order valence-corrected chi connectivity index (χ3v) is 3.68. The van der Waals surface area contributed by atoms with Crippen LogP contribution in [0, 0.1) is 5.82 Å². The van der Waals surface area contributed by atoms with E-state index in [9.17, 15) is 4.39 Å². The van der Waals surface area contributed by atoms with Gasteiger partial charge in [-0.05, 0) is 36.6 Å². The lowest BCUT2D eigenvalue weighted by Gasteiger charge is -2.04. The zero-order chi connectivity index (χ0) is 14.0. The first-order chi connectivity index (χ1) is 9.02. The first-order valence-electron chi connectivity index (χ1n) is 5.65. The van der Waals surface area contributed by atoms with Gasteiger partial charge in [-0.25, -0.2) is 9.38 Å². The summed E-state index contributed by atoms with van der Waals surface area (Å²) >= 11 is 1.51. The van der Waals surface area contributed by atoms with Gasteiger partial charge in [-0.15, -0.1) is 11.3 Å². The van der Waals surface area contributed by atoms with Crippen molar-refractivity contribution < 1.29 is 4.39 Å². The summed E-state index contributed by atoms with van der Waals surface area (Å²) in [5, 5.41) is 2.67. The fraction of sp³-hybridized carbons (Fsp3) is 0.0714. The van der Waals surface area contributed by atoms with E-state index >= 15 is 0 Å². The Labute approximate surface area is 114 Å². The summed E-state index contributed by atoms with van der Waals surface area (Å²) in [4.78, 5) is 4.03. The Morgan fingerprint density at radius 2 is 2.16 bits per heavy atom. The normalized spacial score (nSPS) is 12.9. The second-order valence-corrected chi connectivity index (χ2v) is 4.89. The molecule has 0 bridgehead atoms. The van der Waals surface area contributed by atoms with Crippen LogP contribution < -0.4 is 11.5 Å². The highest BCUT2D eigenvalue weighted by molar-refractivity contribution is 7.17. The van der Waals surface area contributed by atoms with Crippen LogP contribution in [0.15, 0.2) is 47.0 Å². The van der Waals surface area contributed by atoms with Crippen LogP contribution in [-0.2, 0) is 0 Å². The highest BCUT2D eigenvalue weighted by Gasteiger charge is 2.11. The number of halogens is 1. The van der Waals surface area contributed by atoms with Gasteiger partial charge in [0.15, 0.2) is 0 Å². The molecule has 98 valence electrons. The average molecular weight is 275 g/mol. The number of nitrogens with two attached hydrogens (primary N) is 2. The fourth-order valence-electron chi connectivity index (χ4n) is 1.64. The fourth-order valence-corrected chi connectivity index (χ4v) is 2.60. The maximum Gasteiger partial charge on any atom is 0.133 e. The molecule has 1 aromatic heterocycles. The number of hydrogen-bond acceptors (Lipinski definition) is 3. The van der Waals surface area contributed by atoms with E-state index in [4.69, 9.17) is 11.5 Å². The molecular formula is C14H14FN3S. The predicted octanol–water partition coefficient (Wildman–Crippen LogP) is 3.23. The topological polar surface area (TPSA) is 64.4 Å². The molecule has 0 atom stereocenters. The molecule has 0 aliphatic rings. The minimum atomic E-state index is -0.288. The van der Waals surface area contributed by atoms with Crippen LogP contribution in [0.1, 0.15) is 12.5 Å². The minimum absolute atomic E-state index is 0.236. The van der Waals surface area contributed by atoms with E-state index in [-0.39, 0.29) is 11.7 Å². The van der Waals surface area contributed by atoms with Gasteiger partial charge in [-0.2, -0.15) is 0 Å². The van der Waals surface area contributed by atoms with Crippen molar-refractivity contribution in [1.29, 1.82) is 0 Å². The van der Waals surface area contributed by atoms with Crippen LogP contribution in [0.5, 0.6) is 0 Å². The molecule has 0 aliphatic carbocycles. The lowest BCUT2D eigenvalue weighted by Crippen LogP contribution is -2.15. The monoisotopic (exact) mass is 275 g/mol. The first-order valence-corrected chi connectivity index (χ1v) is 6.53. The summed E-state index contributed by atoms with van der Waals surface area (Å²) < 4.78 is 14.3. The zero-order valence-corrected chi connectivity index (χ0v) is 11.3. The summed E-state index contributed by atoms with van der Waals surface area (Å²) in [6, 6.07) is 4.64. The Balaban J connectivity index is 2.47. The molecule has 0 aliphatic heterocycles. The van der Waals surface area contributed by atoms with Gasteiger partial charge in [0.05, 0.1) is 0 Å². The largest absolute Gasteiger partial charge is 0.384 e. The molecule has 3 nitrogen and oxygen atoms in total. The number of fused-ring (bicyclic) bond motifs is 1. The molecule has 4 N–H and O–H groups in total. The molecule has 0 unspecified atom stereocenters. The van der Waals surface area contributed by atoms with Gasteiger partial charge in [-0.3, -0.25) is 0 Å². The van der Waals surface area contributed by atoms with Crippen molar-refractivity contribution in [2.24, 2.45) is 16.5 Å². The van der Waals surface area contributed by atoms with Gasteiger partial charge >= 0.3 is 0 Å². The van der Waals surface area contributed by atoms with Crippen LogP contribution >= 0.6 is 11.3 Å². The summed E-state index contributed by atoms with van der Waals surface area (Å²) in [6.07, 6.45) is 1.64. The van der Waals surface area contributed by atoms with Gasteiger partial charge in [0, 0.05) is 21.2 Å². The van der Waals surface area contributed by atoms with E-state index in [1.807, 2.05) is 5.38 Å². The lowest BCUT2D eigenvalue weighted by atomic mass is 10.1.